The second-order valence-corrected chi connectivity index (χ2v) is 7.53. The maximum atomic E-state index is 13.3. The van der Waals surface area contributed by atoms with E-state index in [0.29, 0.717) is 18.7 Å². The van der Waals surface area contributed by atoms with Gasteiger partial charge in [0.05, 0.1) is 13.2 Å². The second kappa shape index (κ2) is 6.93. The van der Waals surface area contributed by atoms with Gasteiger partial charge in [0.1, 0.15) is 17.3 Å². The quantitative estimate of drug-likeness (QED) is 0.834. The van der Waals surface area contributed by atoms with Crippen molar-refractivity contribution in [1.29, 1.82) is 0 Å². The Morgan fingerprint density at radius 2 is 1.92 bits per heavy atom. The van der Waals surface area contributed by atoms with Crippen molar-refractivity contribution in [2.24, 2.45) is 0 Å². The molecule has 0 radical (unpaired) electrons. The summed E-state index contributed by atoms with van der Waals surface area (Å²) in [6, 6.07) is 14.1. The average Bonchev–Trinajstić information content (AvgIpc) is 2.98. The Hall–Kier alpha value is -2.05. The number of amidine groups is 1. The van der Waals surface area contributed by atoms with Gasteiger partial charge in [0, 0.05) is 11.3 Å². The number of aliphatic hydroxyl groups is 1. The molecule has 0 aromatic heterocycles. The summed E-state index contributed by atoms with van der Waals surface area (Å²) in [5, 5.41) is 12.6. The number of nitrogens with zero attached hydrogens (tertiary/aromatic N) is 2. The highest BCUT2D eigenvalue weighted by molar-refractivity contribution is 8.13. The van der Waals surface area contributed by atoms with E-state index in [-0.39, 0.29) is 5.82 Å². The maximum Gasteiger partial charge on any atom is 0.316 e. The Bertz CT molecular complexity index is 823. The van der Waals surface area contributed by atoms with Gasteiger partial charge in [0.15, 0.2) is 6.54 Å². The predicted octanol–water partition coefficient (Wildman–Crippen LogP) is 3.40. The first-order chi connectivity index (χ1) is 12.6. The van der Waals surface area contributed by atoms with E-state index in [2.05, 4.69) is 4.90 Å². The predicted molar refractivity (Wildman–Crippen MR) is 102 cm³/mol. The van der Waals surface area contributed by atoms with Crippen LogP contribution in [0.3, 0.4) is 0 Å². The van der Waals surface area contributed by atoms with E-state index < -0.39 is 5.72 Å². The SMILES string of the molecule is CCOc1ccc(N2CC(O)(c3ccc(F)cc3)[N+]3=C2SCCC3)cc1. The van der Waals surface area contributed by atoms with Crippen molar-refractivity contribution in [1.82, 2.24) is 0 Å². The molecular formula is C20H22FN2O2S+. The molecule has 136 valence electrons. The molecule has 6 heteroatoms. The van der Waals surface area contributed by atoms with Gasteiger partial charge in [-0.15, -0.1) is 0 Å². The number of anilines is 1. The van der Waals surface area contributed by atoms with E-state index in [0.717, 1.165) is 35.3 Å². The molecule has 2 aromatic rings. The zero-order chi connectivity index (χ0) is 18.1. The number of hydrogen-bond donors (Lipinski definition) is 1. The van der Waals surface area contributed by atoms with Crippen molar-refractivity contribution in [3.8, 4) is 5.75 Å². The number of rotatable bonds is 4. The smallest absolute Gasteiger partial charge is 0.316 e. The van der Waals surface area contributed by atoms with Gasteiger partial charge in [-0.1, -0.05) is 0 Å². The lowest BCUT2D eigenvalue weighted by Crippen LogP contribution is -2.41. The molecule has 2 aliphatic heterocycles. The summed E-state index contributed by atoms with van der Waals surface area (Å²) in [6.07, 6.45) is 1.01. The van der Waals surface area contributed by atoms with Crippen LogP contribution in [0.2, 0.25) is 0 Å². The van der Waals surface area contributed by atoms with Gasteiger partial charge in [-0.2, -0.15) is 0 Å². The zero-order valence-electron chi connectivity index (χ0n) is 14.7. The average molecular weight is 373 g/mol. The molecule has 2 aromatic carbocycles. The van der Waals surface area contributed by atoms with Gasteiger partial charge in [-0.05, 0) is 73.6 Å². The second-order valence-electron chi connectivity index (χ2n) is 6.47. The normalized spacial score (nSPS) is 22.5. The monoisotopic (exact) mass is 373 g/mol. The third kappa shape index (κ3) is 2.97. The molecule has 0 spiro atoms. The van der Waals surface area contributed by atoms with Crippen LogP contribution in [0.1, 0.15) is 18.9 Å². The molecule has 26 heavy (non-hydrogen) atoms. The summed E-state index contributed by atoms with van der Waals surface area (Å²) in [6.45, 7) is 3.79. The molecular weight excluding hydrogens is 351 g/mol. The molecule has 2 heterocycles. The fraction of sp³-hybridized carbons (Fsp3) is 0.350. The number of ether oxygens (including phenoxy) is 1. The van der Waals surface area contributed by atoms with Crippen LogP contribution in [0.4, 0.5) is 10.1 Å². The van der Waals surface area contributed by atoms with Crippen LogP contribution in [0, 0.1) is 5.82 Å². The minimum absolute atomic E-state index is 0.295. The van der Waals surface area contributed by atoms with Crippen LogP contribution in [0.5, 0.6) is 5.75 Å². The Kier molecular flexibility index (Phi) is 4.63. The van der Waals surface area contributed by atoms with Crippen LogP contribution < -0.4 is 9.64 Å². The largest absolute Gasteiger partial charge is 0.494 e. The molecule has 1 N–H and O–H groups in total. The van der Waals surface area contributed by atoms with Crippen LogP contribution >= 0.6 is 11.8 Å². The number of halogens is 1. The van der Waals surface area contributed by atoms with Crippen LogP contribution in [-0.2, 0) is 5.72 Å². The van der Waals surface area contributed by atoms with E-state index >= 15 is 0 Å². The fourth-order valence-electron chi connectivity index (χ4n) is 3.55. The number of thioether (sulfide) groups is 1. The molecule has 0 saturated heterocycles. The summed E-state index contributed by atoms with van der Waals surface area (Å²) in [7, 11) is 0. The van der Waals surface area contributed by atoms with Gasteiger partial charge in [0.25, 0.3) is 5.72 Å². The molecule has 0 fully saturated rings. The zero-order valence-corrected chi connectivity index (χ0v) is 15.5. The first kappa shape index (κ1) is 17.4. The van der Waals surface area contributed by atoms with Gasteiger partial charge < -0.3 is 9.84 Å². The topological polar surface area (TPSA) is 35.7 Å². The van der Waals surface area contributed by atoms with Crippen molar-refractivity contribution >= 4 is 22.6 Å². The maximum absolute atomic E-state index is 13.3. The third-order valence-electron chi connectivity index (χ3n) is 4.81. The summed E-state index contributed by atoms with van der Waals surface area (Å²) < 4.78 is 20.9. The fourth-order valence-corrected chi connectivity index (χ4v) is 4.73. The van der Waals surface area contributed by atoms with Crippen LogP contribution in [0.15, 0.2) is 48.5 Å². The lowest BCUT2D eigenvalue weighted by Gasteiger charge is -2.24. The Balaban J connectivity index is 1.71. The molecule has 0 saturated carbocycles. The Morgan fingerprint density at radius 1 is 1.19 bits per heavy atom. The first-order valence-electron chi connectivity index (χ1n) is 8.88. The standard InChI is InChI=1S/C20H22FN2O2S/c1-2-25-18-10-8-17(9-11-18)22-14-20(24,15-4-6-16(21)7-5-15)23-12-3-13-26-19(22)23/h4-11,24H,2-3,12-14H2,1H3/q+1. The third-order valence-corrected chi connectivity index (χ3v) is 6.00. The van der Waals surface area contributed by atoms with Crippen molar-refractivity contribution in [3.05, 3.63) is 59.9 Å². The van der Waals surface area contributed by atoms with Gasteiger partial charge in [-0.3, -0.25) is 0 Å². The highest BCUT2D eigenvalue weighted by Crippen LogP contribution is 2.37. The van der Waals surface area contributed by atoms with Gasteiger partial charge in [0.2, 0.25) is 0 Å². The van der Waals surface area contributed by atoms with E-state index in [1.807, 2.05) is 35.8 Å². The molecule has 0 aliphatic carbocycles. The summed E-state index contributed by atoms with van der Waals surface area (Å²) in [4.78, 5) is 2.14. The molecule has 1 unspecified atom stereocenters. The summed E-state index contributed by atoms with van der Waals surface area (Å²) in [5.74, 6) is 1.57. The van der Waals surface area contributed by atoms with E-state index in [4.69, 9.17) is 4.74 Å². The van der Waals surface area contributed by atoms with Gasteiger partial charge in [-0.25, -0.2) is 13.9 Å². The van der Waals surface area contributed by atoms with Crippen molar-refractivity contribution in [2.75, 3.05) is 30.3 Å². The number of hydrogen-bond acceptors (Lipinski definition) is 4. The Labute approximate surface area is 156 Å². The minimum Gasteiger partial charge on any atom is -0.494 e. The number of benzene rings is 2. The molecule has 1 atom stereocenters. The van der Waals surface area contributed by atoms with Crippen LogP contribution in [-0.4, -0.2) is 40.3 Å². The number of β-amino-alcohol motifs (C(OH)–C–C–N with tert-alkyl or cyclic N) is 1. The first-order valence-corrected chi connectivity index (χ1v) is 9.86. The lowest BCUT2D eigenvalue weighted by molar-refractivity contribution is -0.656. The molecule has 4 nitrogen and oxygen atoms in total. The Morgan fingerprint density at radius 3 is 2.62 bits per heavy atom. The highest BCUT2D eigenvalue weighted by Gasteiger charge is 2.53. The van der Waals surface area contributed by atoms with Gasteiger partial charge >= 0.3 is 5.17 Å². The minimum atomic E-state index is -1.16. The van der Waals surface area contributed by atoms with Crippen molar-refractivity contribution < 1.29 is 18.8 Å². The lowest BCUT2D eigenvalue weighted by atomic mass is 10.0. The van der Waals surface area contributed by atoms with Crippen molar-refractivity contribution in [2.45, 2.75) is 19.1 Å². The highest BCUT2D eigenvalue weighted by atomic mass is 32.2. The van der Waals surface area contributed by atoms with E-state index in [9.17, 15) is 9.50 Å². The van der Waals surface area contributed by atoms with Crippen LogP contribution in [0.25, 0.3) is 0 Å². The molecule has 0 bridgehead atoms. The van der Waals surface area contributed by atoms with E-state index in [1.165, 1.54) is 12.1 Å². The molecule has 4 rings (SSSR count). The summed E-state index contributed by atoms with van der Waals surface area (Å²) >= 11 is 1.75. The molecule has 0 amide bonds. The molecule has 2 aliphatic rings. The van der Waals surface area contributed by atoms with E-state index in [1.54, 1.807) is 23.9 Å². The van der Waals surface area contributed by atoms with Crippen molar-refractivity contribution in [3.63, 3.8) is 0 Å². The summed E-state index contributed by atoms with van der Waals surface area (Å²) in [5.41, 5.74) is 0.572.